The maximum Gasteiger partial charge on any atom is 0.394 e. The molecule has 2 aromatic rings. The van der Waals surface area contributed by atoms with E-state index in [2.05, 4.69) is 5.10 Å². The molecular weight excluding hydrogens is 282 g/mol. The van der Waals surface area contributed by atoms with E-state index in [1.165, 1.54) is 4.90 Å². The van der Waals surface area contributed by atoms with Gasteiger partial charge in [0.1, 0.15) is 0 Å². The van der Waals surface area contributed by atoms with Gasteiger partial charge in [0.25, 0.3) is 0 Å². The zero-order valence-electron chi connectivity index (χ0n) is 12.7. The number of piperidine rings is 1. The second kappa shape index (κ2) is 5.44. The minimum Gasteiger partial charge on any atom is -0.474 e. The molecule has 6 nitrogen and oxygen atoms in total. The van der Waals surface area contributed by atoms with Gasteiger partial charge in [0.15, 0.2) is 0 Å². The van der Waals surface area contributed by atoms with E-state index in [-0.39, 0.29) is 6.04 Å². The number of aryl methyl sites for hydroxylation is 1. The standard InChI is InChI=1S/C16H19N3O3/c1-10-3-6-14(19(8-10)15(20)16(21)22)11-4-5-12-9-18(2)17-13(12)7-11/h4-5,7,9-10,14H,3,6,8H2,1-2H3,(H,21,22). The maximum atomic E-state index is 12.0. The third-order valence-electron chi connectivity index (χ3n) is 4.29. The number of carbonyl (C=O) groups is 2. The number of hydrogen-bond acceptors (Lipinski definition) is 3. The molecule has 116 valence electrons. The molecule has 22 heavy (non-hydrogen) atoms. The molecule has 1 aromatic heterocycles. The van der Waals surface area contributed by atoms with Crippen LogP contribution in [0.15, 0.2) is 24.4 Å². The van der Waals surface area contributed by atoms with Crippen molar-refractivity contribution in [2.45, 2.75) is 25.8 Å². The third-order valence-corrected chi connectivity index (χ3v) is 4.29. The van der Waals surface area contributed by atoms with Crippen molar-refractivity contribution in [3.8, 4) is 0 Å². The summed E-state index contributed by atoms with van der Waals surface area (Å²) in [6.07, 6.45) is 3.69. The zero-order valence-corrected chi connectivity index (χ0v) is 12.7. The van der Waals surface area contributed by atoms with Crippen LogP contribution in [0.5, 0.6) is 0 Å². The molecule has 1 aliphatic rings. The summed E-state index contributed by atoms with van der Waals surface area (Å²) < 4.78 is 1.75. The van der Waals surface area contributed by atoms with Gasteiger partial charge in [0.05, 0.1) is 11.6 Å². The number of hydrogen-bond donors (Lipinski definition) is 1. The van der Waals surface area contributed by atoms with Crippen LogP contribution >= 0.6 is 0 Å². The monoisotopic (exact) mass is 301 g/mol. The summed E-state index contributed by atoms with van der Waals surface area (Å²) >= 11 is 0. The molecule has 1 N–H and O–H groups in total. The van der Waals surface area contributed by atoms with Crippen LogP contribution in [0.3, 0.4) is 0 Å². The predicted octanol–water partition coefficient (Wildman–Crippen LogP) is 1.96. The van der Waals surface area contributed by atoms with Crippen molar-refractivity contribution in [2.24, 2.45) is 13.0 Å². The van der Waals surface area contributed by atoms with Crippen molar-refractivity contribution < 1.29 is 14.7 Å². The normalized spacial score (nSPS) is 22.0. The molecule has 0 bridgehead atoms. The highest BCUT2D eigenvalue weighted by Crippen LogP contribution is 2.34. The van der Waals surface area contributed by atoms with Crippen LogP contribution in [0.1, 0.15) is 31.4 Å². The quantitative estimate of drug-likeness (QED) is 0.817. The molecule has 0 aliphatic carbocycles. The number of aromatic nitrogens is 2. The minimum atomic E-state index is -1.39. The molecule has 0 saturated carbocycles. The topological polar surface area (TPSA) is 75.4 Å². The van der Waals surface area contributed by atoms with E-state index in [4.69, 9.17) is 5.11 Å². The Morgan fingerprint density at radius 2 is 2.09 bits per heavy atom. The molecule has 3 rings (SSSR count). The Bertz CT molecular complexity index is 737. The van der Waals surface area contributed by atoms with Crippen LogP contribution in [-0.4, -0.2) is 38.2 Å². The summed E-state index contributed by atoms with van der Waals surface area (Å²) in [5, 5.41) is 14.5. The Kier molecular flexibility index (Phi) is 3.60. The van der Waals surface area contributed by atoms with Crippen LogP contribution in [0.2, 0.25) is 0 Å². The molecule has 1 saturated heterocycles. The summed E-state index contributed by atoms with van der Waals surface area (Å²) in [7, 11) is 1.86. The van der Waals surface area contributed by atoms with Crippen molar-refractivity contribution in [3.63, 3.8) is 0 Å². The van der Waals surface area contributed by atoms with Crippen LogP contribution in [0.25, 0.3) is 10.9 Å². The smallest absolute Gasteiger partial charge is 0.394 e. The van der Waals surface area contributed by atoms with Gasteiger partial charge in [-0.25, -0.2) is 4.79 Å². The summed E-state index contributed by atoms with van der Waals surface area (Å²) in [5.74, 6) is -1.89. The van der Waals surface area contributed by atoms with E-state index in [0.29, 0.717) is 12.5 Å². The van der Waals surface area contributed by atoms with Gasteiger partial charge in [-0.3, -0.25) is 9.48 Å². The number of carboxylic acid groups (broad SMARTS) is 1. The zero-order chi connectivity index (χ0) is 15.9. The number of benzene rings is 1. The molecule has 1 amide bonds. The first-order valence-corrected chi connectivity index (χ1v) is 7.43. The second-order valence-electron chi connectivity index (χ2n) is 6.08. The second-order valence-corrected chi connectivity index (χ2v) is 6.08. The Labute approximate surface area is 128 Å². The summed E-state index contributed by atoms with van der Waals surface area (Å²) in [6.45, 7) is 2.52. The average Bonchev–Trinajstić information content (AvgIpc) is 2.85. The molecule has 1 fully saturated rings. The van der Waals surface area contributed by atoms with E-state index in [0.717, 1.165) is 29.3 Å². The fourth-order valence-electron chi connectivity index (χ4n) is 3.21. The number of rotatable bonds is 1. The van der Waals surface area contributed by atoms with Crippen LogP contribution in [-0.2, 0) is 16.6 Å². The lowest BCUT2D eigenvalue weighted by atomic mass is 9.89. The highest BCUT2D eigenvalue weighted by Gasteiger charge is 2.34. The number of amides is 1. The van der Waals surface area contributed by atoms with E-state index < -0.39 is 11.9 Å². The van der Waals surface area contributed by atoms with E-state index in [1.807, 2.05) is 38.4 Å². The maximum absolute atomic E-state index is 12.0. The molecular formula is C16H19N3O3. The Balaban J connectivity index is 1.97. The highest BCUT2D eigenvalue weighted by atomic mass is 16.4. The minimum absolute atomic E-state index is 0.189. The number of aliphatic carboxylic acids is 1. The van der Waals surface area contributed by atoms with Gasteiger partial charge < -0.3 is 10.0 Å². The van der Waals surface area contributed by atoms with Crippen molar-refractivity contribution in [2.75, 3.05) is 6.54 Å². The fraction of sp³-hybridized carbons (Fsp3) is 0.438. The highest BCUT2D eigenvalue weighted by molar-refractivity contribution is 6.31. The van der Waals surface area contributed by atoms with Gasteiger partial charge in [0.2, 0.25) is 0 Å². The molecule has 2 atom stereocenters. The Hall–Kier alpha value is -2.37. The van der Waals surface area contributed by atoms with Gasteiger partial charge in [-0.2, -0.15) is 5.10 Å². The Morgan fingerprint density at radius 1 is 1.32 bits per heavy atom. The lowest BCUT2D eigenvalue weighted by molar-refractivity contribution is -0.158. The third kappa shape index (κ3) is 2.56. The van der Waals surface area contributed by atoms with Gasteiger partial charge in [0, 0.05) is 25.2 Å². The molecule has 0 spiro atoms. The van der Waals surface area contributed by atoms with Crippen molar-refractivity contribution in [1.82, 2.24) is 14.7 Å². The van der Waals surface area contributed by atoms with Crippen LogP contribution in [0, 0.1) is 5.92 Å². The number of likely N-dealkylation sites (tertiary alicyclic amines) is 1. The Morgan fingerprint density at radius 3 is 2.82 bits per heavy atom. The van der Waals surface area contributed by atoms with Crippen LogP contribution in [0.4, 0.5) is 0 Å². The van der Waals surface area contributed by atoms with Crippen molar-refractivity contribution in [3.05, 3.63) is 30.0 Å². The molecule has 6 heteroatoms. The summed E-state index contributed by atoms with van der Waals surface area (Å²) in [6, 6.07) is 5.70. The largest absolute Gasteiger partial charge is 0.474 e. The summed E-state index contributed by atoms with van der Waals surface area (Å²) in [5.41, 5.74) is 1.81. The first-order valence-electron chi connectivity index (χ1n) is 7.43. The van der Waals surface area contributed by atoms with E-state index >= 15 is 0 Å². The van der Waals surface area contributed by atoms with Crippen molar-refractivity contribution >= 4 is 22.8 Å². The number of nitrogens with zero attached hydrogens (tertiary/aromatic N) is 3. The SMILES string of the molecule is CC1CCC(c2ccc3cn(C)nc3c2)N(C(=O)C(=O)O)C1. The van der Waals surface area contributed by atoms with Gasteiger partial charge in [-0.15, -0.1) is 0 Å². The van der Waals surface area contributed by atoms with Crippen LogP contribution < -0.4 is 0 Å². The number of carbonyl (C=O) groups excluding carboxylic acids is 1. The lowest BCUT2D eigenvalue weighted by Gasteiger charge is -2.38. The molecule has 1 aliphatic heterocycles. The number of carboxylic acids is 1. The first-order chi connectivity index (χ1) is 10.5. The van der Waals surface area contributed by atoms with Gasteiger partial charge in [-0.05, 0) is 30.4 Å². The fourth-order valence-corrected chi connectivity index (χ4v) is 3.21. The van der Waals surface area contributed by atoms with E-state index in [1.54, 1.807) is 4.68 Å². The van der Waals surface area contributed by atoms with Crippen molar-refractivity contribution in [1.29, 1.82) is 0 Å². The molecule has 2 unspecified atom stereocenters. The lowest BCUT2D eigenvalue weighted by Crippen LogP contribution is -2.44. The molecule has 1 aromatic carbocycles. The summed E-state index contributed by atoms with van der Waals surface area (Å²) in [4.78, 5) is 24.6. The number of fused-ring (bicyclic) bond motifs is 1. The molecule has 2 heterocycles. The molecule has 0 radical (unpaired) electrons. The first kappa shape index (κ1) is 14.6. The van der Waals surface area contributed by atoms with Gasteiger partial charge in [-0.1, -0.05) is 19.1 Å². The average molecular weight is 301 g/mol. The van der Waals surface area contributed by atoms with Gasteiger partial charge >= 0.3 is 11.9 Å². The van der Waals surface area contributed by atoms with E-state index in [9.17, 15) is 9.59 Å². The predicted molar refractivity (Wildman–Crippen MR) is 81.2 cm³/mol.